The molecule has 1 N–H and O–H groups in total. The number of carbonyl (C=O) groups excluding carboxylic acids is 1. The molecule has 3 rings (SSSR count). The van der Waals surface area contributed by atoms with Crippen LogP contribution < -0.4 is 0 Å². The van der Waals surface area contributed by atoms with Gasteiger partial charge in [0, 0.05) is 12.3 Å². The molecule has 0 saturated carbocycles. The Morgan fingerprint density at radius 1 is 1.42 bits per heavy atom. The van der Waals surface area contributed by atoms with Crippen molar-refractivity contribution in [1.29, 1.82) is 0 Å². The van der Waals surface area contributed by atoms with Crippen LogP contribution in [0.15, 0.2) is 23.2 Å². The molecule has 3 atom stereocenters. The van der Waals surface area contributed by atoms with Gasteiger partial charge in [0.15, 0.2) is 11.5 Å². The normalized spacial score (nSPS) is 33.6. The molecule has 0 aromatic heterocycles. The molecule has 0 amide bonds. The van der Waals surface area contributed by atoms with Crippen LogP contribution in [0, 0.1) is 5.92 Å². The van der Waals surface area contributed by atoms with E-state index in [1.165, 1.54) is 11.8 Å². The zero-order chi connectivity index (χ0) is 13.6. The van der Waals surface area contributed by atoms with Crippen molar-refractivity contribution in [3.8, 4) is 0 Å². The molecule has 3 unspecified atom stereocenters. The Hall–Kier alpha value is -1.43. The molecule has 1 fully saturated rings. The minimum atomic E-state index is -0.866. The van der Waals surface area contributed by atoms with Gasteiger partial charge in [-0.2, -0.15) is 0 Å². The van der Waals surface area contributed by atoms with E-state index in [-0.39, 0.29) is 23.7 Å². The van der Waals surface area contributed by atoms with E-state index in [1.54, 1.807) is 13.0 Å². The summed E-state index contributed by atoms with van der Waals surface area (Å²) in [6.45, 7) is 1.96. The van der Waals surface area contributed by atoms with Gasteiger partial charge in [0.1, 0.15) is 11.0 Å². The Morgan fingerprint density at radius 2 is 2.21 bits per heavy atom. The summed E-state index contributed by atoms with van der Waals surface area (Å²) in [5.74, 6) is 0.333. The van der Waals surface area contributed by atoms with Crippen LogP contribution in [0.5, 0.6) is 0 Å². The summed E-state index contributed by atoms with van der Waals surface area (Å²) >= 11 is 1.23. The van der Waals surface area contributed by atoms with E-state index in [0.717, 1.165) is 5.57 Å². The summed E-state index contributed by atoms with van der Waals surface area (Å²) in [6.07, 6.45) is 2.68. The average molecular weight is 282 g/mol. The SMILES string of the molecule is CC1SC(C(=O)O)CC2=CC3=C(CC2C1=O)OCO3. The van der Waals surface area contributed by atoms with Gasteiger partial charge in [0.05, 0.1) is 5.25 Å². The Bertz CT molecular complexity index is 507. The maximum atomic E-state index is 12.4. The molecular formula is C13H14O5S. The fourth-order valence-electron chi connectivity index (χ4n) is 2.67. The van der Waals surface area contributed by atoms with Crippen LogP contribution in [0.2, 0.25) is 0 Å². The van der Waals surface area contributed by atoms with Crippen LogP contribution >= 0.6 is 11.8 Å². The van der Waals surface area contributed by atoms with Gasteiger partial charge in [-0.05, 0) is 19.4 Å². The number of hydrogen-bond acceptors (Lipinski definition) is 5. The van der Waals surface area contributed by atoms with E-state index in [4.69, 9.17) is 9.47 Å². The molecule has 6 heteroatoms. The van der Waals surface area contributed by atoms with Crippen molar-refractivity contribution < 1.29 is 24.2 Å². The Labute approximate surface area is 114 Å². The van der Waals surface area contributed by atoms with Gasteiger partial charge in [-0.25, -0.2) is 0 Å². The number of rotatable bonds is 1. The molecular weight excluding hydrogens is 268 g/mol. The van der Waals surface area contributed by atoms with Crippen LogP contribution in [0.25, 0.3) is 0 Å². The predicted octanol–water partition coefficient (Wildman–Crippen LogP) is 1.70. The van der Waals surface area contributed by atoms with Crippen molar-refractivity contribution >= 4 is 23.5 Å². The molecule has 19 heavy (non-hydrogen) atoms. The van der Waals surface area contributed by atoms with Crippen molar-refractivity contribution in [2.45, 2.75) is 30.3 Å². The average Bonchev–Trinajstić information content (AvgIpc) is 2.78. The first-order valence-corrected chi connectivity index (χ1v) is 7.11. The van der Waals surface area contributed by atoms with Crippen LogP contribution in [0.3, 0.4) is 0 Å². The molecule has 1 saturated heterocycles. The number of fused-ring (bicyclic) bond motifs is 1. The van der Waals surface area contributed by atoms with Crippen molar-refractivity contribution in [3.63, 3.8) is 0 Å². The fraction of sp³-hybridized carbons (Fsp3) is 0.538. The number of allylic oxidation sites excluding steroid dienone is 3. The molecule has 2 aliphatic heterocycles. The van der Waals surface area contributed by atoms with Crippen molar-refractivity contribution in [1.82, 2.24) is 0 Å². The third kappa shape index (κ3) is 2.14. The van der Waals surface area contributed by atoms with Gasteiger partial charge in [-0.3, -0.25) is 9.59 Å². The third-order valence-corrected chi connectivity index (χ3v) is 5.02. The highest BCUT2D eigenvalue weighted by molar-refractivity contribution is 8.01. The number of thioether (sulfide) groups is 1. The van der Waals surface area contributed by atoms with Gasteiger partial charge in [-0.15, -0.1) is 11.8 Å². The van der Waals surface area contributed by atoms with Gasteiger partial charge in [0.25, 0.3) is 0 Å². The maximum absolute atomic E-state index is 12.4. The fourth-order valence-corrected chi connectivity index (χ4v) is 3.87. The second-order valence-corrected chi connectivity index (χ2v) is 6.43. The molecule has 0 aromatic rings. The number of carboxylic acids is 1. The minimum Gasteiger partial charge on any atom is -0.480 e. The lowest BCUT2D eigenvalue weighted by Crippen LogP contribution is -2.25. The van der Waals surface area contributed by atoms with E-state index in [2.05, 4.69) is 0 Å². The summed E-state index contributed by atoms with van der Waals surface area (Å²) in [6, 6.07) is 0. The topological polar surface area (TPSA) is 72.8 Å². The monoisotopic (exact) mass is 282 g/mol. The largest absolute Gasteiger partial charge is 0.480 e. The van der Waals surface area contributed by atoms with Crippen LogP contribution in [0.4, 0.5) is 0 Å². The first kappa shape index (κ1) is 12.6. The standard InChI is InChI=1S/C13H14O5S/c1-6-12(14)8-4-10-9(17-5-18-10)2-7(8)3-11(19-6)13(15)16/h2,6,8,11H,3-5H2,1H3,(H,15,16). The Balaban J connectivity index is 1.95. The van der Waals surface area contributed by atoms with Crippen molar-refractivity contribution in [3.05, 3.63) is 23.2 Å². The molecule has 5 nitrogen and oxygen atoms in total. The predicted molar refractivity (Wildman–Crippen MR) is 68.4 cm³/mol. The van der Waals surface area contributed by atoms with E-state index in [9.17, 15) is 14.7 Å². The van der Waals surface area contributed by atoms with Crippen molar-refractivity contribution in [2.75, 3.05) is 6.79 Å². The summed E-state index contributed by atoms with van der Waals surface area (Å²) in [5.41, 5.74) is 0.860. The van der Waals surface area contributed by atoms with Crippen LogP contribution in [0.1, 0.15) is 19.8 Å². The molecule has 3 aliphatic rings. The summed E-state index contributed by atoms with van der Waals surface area (Å²) in [7, 11) is 0. The number of carboxylic acid groups (broad SMARTS) is 1. The summed E-state index contributed by atoms with van der Waals surface area (Å²) in [4.78, 5) is 23.6. The summed E-state index contributed by atoms with van der Waals surface area (Å²) < 4.78 is 10.7. The zero-order valence-corrected chi connectivity index (χ0v) is 11.2. The number of hydrogen-bond donors (Lipinski definition) is 1. The minimum absolute atomic E-state index is 0.0852. The van der Waals surface area contributed by atoms with Gasteiger partial charge < -0.3 is 14.6 Å². The van der Waals surface area contributed by atoms with Gasteiger partial charge in [0.2, 0.25) is 6.79 Å². The highest BCUT2D eigenvalue weighted by atomic mass is 32.2. The van der Waals surface area contributed by atoms with Gasteiger partial charge in [-0.1, -0.05) is 5.57 Å². The molecule has 1 aliphatic carbocycles. The second kappa shape index (κ2) is 4.59. The third-order valence-electron chi connectivity index (χ3n) is 3.69. The Kier molecular flexibility index (Phi) is 3.05. The number of ketones is 1. The highest BCUT2D eigenvalue weighted by Crippen LogP contribution is 2.42. The lowest BCUT2D eigenvalue weighted by Gasteiger charge is -2.21. The number of aliphatic carboxylic acids is 1. The molecule has 0 aromatic carbocycles. The molecule has 0 radical (unpaired) electrons. The van der Waals surface area contributed by atoms with E-state index < -0.39 is 11.2 Å². The number of ether oxygens (including phenoxy) is 2. The van der Waals surface area contributed by atoms with E-state index >= 15 is 0 Å². The van der Waals surface area contributed by atoms with Crippen LogP contribution in [-0.2, 0) is 19.1 Å². The summed E-state index contributed by atoms with van der Waals surface area (Å²) in [5, 5.41) is 8.34. The Morgan fingerprint density at radius 3 is 2.95 bits per heavy atom. The number of carbonyl (C=O) groups is 2. The van der Waals surface area contributed by atoms with E-state index in [0.29, 0.717) is 24.4 Å². The van der Waals surface area contributed by atoms with E-state index in [1.807, 2.05) is 0 Å². The first-order valence-electron chi connectivity index (χ1n) is 6.17. The second-order valence-electron chi connectivity index (χ2n) is 4.88. The molecule has 0 bridgehead atoms. The van der Waals surface area contributed by atoms with Gasteiger partial charge >= 0.3 is 5.97 Å². The highest BCUT2D eigenvalue weighted by Gasteiger charge is 2.40. The molecule has 2 heterocycles. The maximum Gasteiger partial charge on any atom is 0.316 e. The van der Waals surface area contributed by atoms with Crippen LogP contribution in [-0.4, -0.2) is 34.2 Å². The molecule has 102 valence electrons. The smallest absolute Gasteiger partial charge is 0.316 e. The van der Waals surface area contributed by atoms with Crippen molar-refractivity contribution in [2.24, 2.45) is 5.92 Å². The quantitative estimate of drug-likeness (QED) is 0.789. The lowest BCUT2D eigenvalue weighted by atomic mass is 9.83. The molecule has 0 spiro atoms. The number of Topliss-reactive ketones (excluding diaryl/α,β-unsaturated/α-hetero) is 1. The zero-order valence-electron chi connectivity index (χ0n) is 10.4. The first-order chi connectivity index (χ1) is 9.06. The lowest BCUT2D eigenvalue weighted by molar-refractivity contribution is -0.136.